The third-order valence-electron chi connectivity index (χ3n) is 4.34. The van der Waals surface area contributed by atoms with Gasteiger partial charge in [0.15, 0.2) is 11.5 Å². The molecule has 0 aliphatic carbocycles. The van der Waals surface area contributed by atoms with Crippen molar-refractivity contribution >= 4 is 33.9 Å². The molecule has 0 saturated heterocycles. The average molecular weight is 492 g/mol. The Morgan fingerprint density at radius 1 is 1.30 bits per heavy atom. The van der Waals surface area contributed by atoms with E-state index in [-0.39, 0.29) is 22.1 Å². The van der Waals surface area contributed by atoms with Gasteiger partial charge in [0.2, 0.25) is 6.19 Å². The van der Waals surface area contributed by atoms with E-state index in [2.05, 4.69) is 19.8 Å². The van der Waals surface area contributed by atoms with Crippen LogP contribution in [0.5, 0.6) is 0 Å². The van der Waals surface area contributed by atoms with Crippen LogP contribution in [0, 0.1) is 29.7 Å². The van der Waals surface area contributed by atoms with Crippen LogP contribution in [-0.4, -0.2) is 26.9 Å². The molecule has 0 spiro atoms. The van der Waals surface area contributed by atoms with Gasteiger partial charge >= 0.3 is 6.18 Å². The van der Waals surface area contributed by atoms with Gasteiger partial charge in [0, 0.05) is 17.2 Å². The molecular weight excluding hydrogens is 479 g/mol. The predicted octanol–water partition coefficient (Wildman–Crippen LogP) is 4.64. The Kier molecular flexibility index (Phi) is 6.81. The van der Waals surface area contributed by atoms with E-state index in [1.807, 2.05) is 6.07 Å². The zero-order valence-corrected chi connectivity index (χ0v) is 18.5. The number of alkyl halides is 3. The summed E-state index contributed by atoms with van der Waals surface area (Å²) in [4.78, 5) is 17.4. The van der Waals surface area contributed by atoms with E-state index in [4.69, 9.17) is 16.9 Å². The second kappa shape index (κ2) is 9.40. The molecule has 0 radical (unpaired) electrons. The van der Waals surface area contributed by atoms with Crippen molar-refractivity contribution in [1.82, 2.24) is 14.8 Å². The number of nitrogens with one attached hydrogen (secondary N) is 1. The van der Waals surface area contributed by atoms with Gasteiger partial charge in [-0.2, -0.15) is 28.8 Å². The van der Waals surface area contributed by atoms with Crippen molar-refractivity contribution < 1.29 is 18.0 Å². The molecule has 0 saturated carbocycles. The molecule has 13 heteroatoms. The summed E-state index contributed by atoms with van der Waals surface area (Å²) in [7, 11) is -1.03. The Morgan fingerprint density at radius 3 is 2.64 bits per heavy atom. The third kappa shape index (κ3) is 5.03. The number of amides is 1. The first-order valence-corrected chi connectivity index (χ1v) is 10.9. The van der Waals surface area contributed by atoms with Crippen molar-refractivity contribution in [3.05, 3.63) is 64.1 Å². The summed E-state index contributed by atoms with van der Waals surface area (Å²) >= 11 is 6.07. The maximum atomic E-state index is 13.4. The molecule has 3 rings (SSSR count). The highest BCUT2D eigenvalue weighted by Gasteiger charge is 2.36. The number of anilines is 1. The Bertz CT molecular complexity index is 1370. The lowest BCUT2D eigenvalue weighted by Crippen LogP contribution is -2.19. The minimum Gasteiger partial charge on any atom is -0.319 e. The van der Waals surface area contributed by atoms with E-state index < -0.39 is 34.2 Å². The average Bonchev–Trinajstić information content (AvgIpc) is 3.21. The summed E-state index contributed by atoms with van der Waals surface area (Å²) in [5.74, 6) is -1.09. The van der Waals surface area contributed by atoms with E-state index in [0.717, 1.165) is 0 Å². The molecular formula is C20H13ClF3N7OS. The summed E-state index contributed by atoms with van der Waals surface area (Å²) < 4.78 is 44.5. The number of halogens is 4. The predicted molar refractivity (Wildman–Crippen MR) is 115 cm³/mol. The number of hydrogen-bond acceptors (Lipinski definition) is 6. The van der Waals surface area contributed by atoms with Crippen molar-refractivity contribution in [3.63, 3.8) is 0 Å². The molecule has 3 aromatic rings. The molecule has 0 aliphatic rings. The Balaban J connectivity index is 2.16. The van der Waals surface area contributed by atoms with Gasteiger partial charge in [-0.1, -0.05) is 22.3 Å². The zero-order chi connectivity index (χ0) is 24.3. The molecule has 0 fully saturated rings. The monoisotopic (exact) mass is 491 g/mol. The van der Waals surface area contributed by atoms with E-state index in [1.54, 1.807) is 19.4 Å². The first-order chi connectivity index (χ1) is 15.6. The number of aryl methyl sites for hydroxylation is 1. The number of nitrogens with zero attached hydrogens (tertiary/aromatic N) is 6. The molecule has 2 heterocycles. The van der Waals surface area contributed by atoms with Crippen molar-refractivity contribution in [3.8, 4) is 18.1 Å². The zero-order valence-electron chi connectivity index (χ0n) is 17.0. The van der Waals surface area contributed by atoms with Gasteiger partial charge in [-0.25, -0.2) is 9.67 Å². The van der Waals surface area contributed by atoms with Gasteiger partial charge in [0.1, 0.15) is 5.69 Å². The Hall–Kier alpha value is -3.74. The molecule has 2 aromatic heterocycles. The molecule has 33 heavy (non-hydrogen) atoms. The number of pyridine rings is 1. The van der Waals surface area contributed by atoms with Crippen LogP contribution in [0.25, 0.3) is 5.82 Å². The van der Waals surface area contributed by atoms with Crippen LogP contribution in [-0.2, 0) is 16.9 Å². The summed E-state index contributed by atoms with van der Waals surface area (Å²) in [5, 5.41) is 24.2. The Morgan fingerprint density at radius 2 is 2.03 bits per heavy atom. The molecule has 168 valence electrons. The molecule has 1 N–H and O–H groups in total. The standard InChI is InChI=1S/C20H13ClF3N7OS/c1-11-6-12(9-25)7-15(33(2)28-10-26)17(11)29-19(32)14-8-16(20(22,23)24)30-31(14)18-13(21)4-3-5-27-18/h3-8H,1-2H3,(H,29,32). The Labute approximate surface area is 193 Å². The summed E-state index contributed by atoms with van der Waals surface area (Å²) in [6, 6.07) is 8.40. The SMILES string of the molecule is Cc1cc(C#N)cc(/S(C)=N/C#N)c1NC(=O)c1cc(C(F)(F)F)nn1-c1ncccc1Cl. The maximum Gasteiger partial charge on any atom is 0.435 e. The highest BCUT2D eigenvalue weighted by atomic mass is 35.5. The maximum absolute atomic E-state index is 13.4. The number of carbonyl (C=O) groups is 1. The lowest BCUT2D eigenvalue weighted by Gasteiger charge is -2.15. The highest BCUT2D eigenvalue weighted by molar-refractivity contribution is 7.86. The molecule has 8 nitrogen and oxygen atoms in total. The van der Waals surface area contributed by atoms with E-state index in [9.17, 15) is 23.2 Å². The fourth-order valence-electron chi connectivity index (χ4n) is 2.88. The van der Waals surface area contributed by atoms with Crippen LogP contribution in [0.1, 0.15) is 27.3 Å². The van der Waals surface area contributed by atoms with Crippen LogP contribution in [0.4, 0.5) is 18.9 Å². The third-order valence-corrected chi connectivity index (χ3v) is 5.94. The van der Waals surface area contributed by atoms with Crippen molar-refractivity contribution in [1.29, 1.82) is 10.5 Å². The quantitative estimate of drug-likeness (QED) is 0.533. The molecule has 0 aliphatic heterocycles. The van der Waals surface area contributed by atoms with E-state index in [1.165, 1.54) is 30.5 Å². The highest BCUT2D eigenvalue weighted by Crippen LogP contribution is 2.32. The van der Waals surface area contributed by atoms with Gasteiger partial charge in [-0.3, -0.25) is 4.79 Å². The second-order valence-electron chi connectivity index (χ2n) is 6.53. The van der Waals surface area contributed by atoms with Gasteiger partial charge < -0.3 is 5.32 Å². The van der Waals surface area contributed by atoms with Crippen LogP contribution >= 0.6 is 11.6 Å². The lowest BCUT2D eigenvalue weighted by molar-refractivity contribution is -0.141. The molecule has 1 unspecified atom stereocenters. The van der Waals surface area contributed by atoms with Crippen LogP contribution < -0.4 is 5.32 Å². The topological polar surface area (TPSA) is 120 Å². The molecule has 1 atom stereocenters. The fraction of sp³-hybridized carbons (Fsp3) is 0.150. The number of carbonyl (C=O) groups excluding carboxylic acids is 1. The molecule has 1 aromatic carbocycles. The smallest absolute Gasteiger partial charge is 0.319 e. The summed E-state index contributed by atoms with van der Waals surface area (Å²) in [6.07, 6.45) is -0.245. The van der Waals surface area contributed by atoms with Crippen molar-refractivity contribution in [2.75, 3.05) is 11.6 Å². The van der Waals surface area contributed by atoms with Crippen molar-refractivity contribution in [2.24, 2.45) is 4.36 Å². The number of rotatable bonds is 4. The van der Waals surface area contributed by atoms with Gasteiger partial charge in [-0.05, 0) is 43.0 Å². The van der Waals surface area contributed by atoms with Crippen LogP contribution in [0.15, 0.2) is 45.8 Å². The fourth-order valence-corrected chi connectivity index (χ4v) is 4.10. The molecule has 0 bridgehead atoms. The largest absolute Gasteiger partial charge is 0.435 e. The first kappa shape index (κ1) is 23.9. The van der Waals surface area contributed by atoms with Crippen LogP contribution in [0.3, 0.4) is 0 Å². The minimum atomic E-state index is -4.82. The van der Waals surface area contributed by atoms with E-state index in [0.29, 0.717) is 21.2 Å². The van der Waals surface area contributed by atoms with Gasteiger partial charge in [0.05, 0.1) is 22.3 Å². The first-order valence-electron chi connectivity index (χ1n) is 8.97. The lowest BCUT2D eigenvalue weighted by atomic mass is 10.1. The van der Waals surface area contributed by atoms with Gasteiger partial charge in [0.25, 0.3) is 5.91 Å². The number of nitriles is 2. The normalized spacial score (nSPS) is 12.1. The number of benzene rings is 1. The van der Waals surface area contributed by atoms with E-state index >= 15 is 0 Å². The van der Waals surface area contributed by atoms with Crippen molar-refractivity contribution in [2.45, 2.75) is 18.0 Å². The second-order valence-corrected chi connectivity index (χ2v) is 8.52. The molecule has 1 amide bonds. The van der Waals surface area contributed by atoms with Crippen LogP contribution in [0.2, 0.25) is 5.02 Å². The summed E-state index contributed by atoms with van der Waals surface area (Å²) in [5.41, 5.74) is -0.815. The number of aromatic nitrogens is 3. The minimum absolute atomic E-state index is 0.0125. The van der Waals surface area contributed by atoms with Gasteiger partial charge in [-0.15, -0.1) is 4.36 Å². The summed E-state index contributed by atoms with van der Waals surface area (Å²) in [6.45, 7) is 1.61. The number of hydrogen-bond donors (Lipinski definition) is 1.